The number of piperidine rings is 1. The number of alkyl halides is 2. The number of rotatable bonds is 4. The molecule has 4 fully saturated rings. The summed E-state index contributed by atoms with van der Waals surface area (Å²) in [7, 11) is 0. The molecule has 5 aliphatic rings. The molecule has 3 aromatic carbocycles. The quantitative estimate of drug-likeness (QED) is 0.159. The Bertz CT molecular complexity index is 3030. The number of likely N-dealkylation sites (tertiary alicyclic amines) is 2. The number of ether oxygens (including phenoxy) is 4. The van der Waals surface area contributed by atoms with Gasteiger partial charge < -0.3 is 18.9 Å². The van der Waals surface area contributed by atoms with Gasteiger partial charge in [-0.2, -0.15) is 8.78 Å². The molecule has 2 amide bonds. The van der Waals surface area contributed by atoms with E-state index in [0.717, 1.165) is 32.1 Å². The van der Waals surface area contributed by atoms with Gasteiger partial charge in [-0.05, 0) is 179 Å². The van der Waals surface area contributed by atoms with Crippen LogP contribution in [0.15, 0.2) is 60.8 Å². The van der Waals surface area contributed by atoms with Crippen LogP contribution in [0.1, 0.15) is 156 Å². The molecule has 0 N–H and O–H groups in total. The summed E-state index contributed by atoms with van der Waals surface area (Å²) in [5.41, 5.74) is -0.588. The third-order valence-electron chi connectivity index (χ3n) is 14.1. The van der Waals surface area contributed by atoms with Crippen LogP contribution in [0.4, 0.5) is 28.0 Å². The van der Waals surface area contributed by atoms with E-state index in [-0.39, 0.29) is 40.0 Å². The average molecular weight is 975 g/mol. The van der Waals surface area contributed by atoms with Gasteiger partial charge >= 0.3 is 24.4 Å². The Balaban J connectivity index is 1.01. The zero-order valence-electron chi connectivity index (χ0n) is 42.7. The fourth-order valence-corrected chi connectivity index (χ4v) is 11.1. The van der Waals surface area contributed by atoms with Gasteiger partial charge in [-0.15, -0.1) is 0 Å². The lowest BCUT2D eigenvalue weighted by Gasteiger charge is -2.36. The van der Waals surface area contributed by atoms with Crippen molar-refractivity contribution in [2.45, 2.75) is 168 Å². The first-order valence-corrected chi connectivity index (χ1v) is 24.8. The van der Waals surface area contributed by atoms with E-state index >= 15 is 8.78 Å². The Morgan fingerprint density at radius 2 is 1.17 bits per heavy atom. The summed E-state index contributed by atoms with van der Waals surface area (Å²) in [5.74, 6) is -2.78. The molecule has 16 heteroatoms. The highest BCUT2D eigenvalue weighted by Gasteiger charge is 2.56. The number of fused-ring (bicyclic) bond motifs is 6. The second kappa shape index (κ2) is 16.1. The molecule has 71 heavy (non-hydrogen) atoms. The zero-order valence-corrected chi connectivity index (χ0v) is 42.7. The number of benzene rings is 3. The first kappa shape index (κ1) is 48.3. The number of imidazole rings is 2. The predicted molar refractivity (Wildman–Crippen MR) is 262 cm³/mol. The van der Waals surface area contributed by atoms with Crippen molar-refractivity contribution < 1.29 is 46.9 Å². The SMILES string of the molecule is CC(C)(C)OC(=O)N1CC2(CC2)C[C@H]1c1ncc(-c2ccc3c(c2)C(F)(F)c2cc(-c4ccc5nc([C@@H]6[C@H]7CC[C@H](C7)N6C(=O)OC(C)(C)C)n(C(=O)OC(C)(C)C)c5c4)ccc2-3)n1C(=O)OC(C)(C)C. The van der Waals surface area contributed by atoms with Gasteiger partial charge in [0.15, 0.2) is 0 Å². The fraction of sp³-hybridized carbons (Fsp3) is 0.527. The minimum atomic E-state index is -3.46. The van der Waals surface area contributed by atoms with Crippen LogP contribution in [-0.2, 0) is 24.9 Å². The van der Waals surface area contributed by atoms with Crippen LogP contribution in [0.25, 0.3) is 44.5 Å². The van der Waals surface area contributed by atoms with Gasteiger partial charge in [-0.3, -0.25) is 9.80 Å². The largest absolute Gasteiger partial charge is 0.444 e. The van der Waals surface area contributed by atoms with E-state index in [9.17, 15) is 19.2 Å². The molecular formula is C55H64F2N6O8. The summed E-state index contributed by atoms with van der Waals surface area (Å²) in [4.78, 5) is 69.1. The normalized spacial score (nSPS) is 21.9. The molecule has 3 aliphatic carbocycles. The van der Waals surface area contributed by atoms with Crippen LogP contribution in [0.3, 0.4) is 0 Å². The maximum atomic E-state index is 17.2. The average Bonchev–Trinajstić information content (AvgIpc) is 3.85. The van der Waals surface area contributed by atoms with Crippen molar-refractivity contribution in [1.29, 1.82) is 0 Å². The molecule has 10 rings (SSSR count). The number of nitrogens with zero attached hydrogens (tertiary/aromatic N) is 6. The van der Waals surface area contributed by atoms with E-state index in [1.165, 1.54) is 27.5 Å². The van der Waals surface area contributed by atoms with Crippen LogP contribution in [0.5, 0.6) is 0 Å². The number of carbonyl (C=O) groups is 4. The molecule has 0 unspecified atom stereocenters. The summed E-state index contributed by atoms with van der Waals surface area (Å²) < 4.78 is 60.7. The maximum Gasteiger partial charge on any atom is 0.420 e. The summed E-state index contributed by atoms with van der Waals surface area (Å²) in [6.45, 7) is 21.9. The number of amides is 2. The van der Waals surface area contributed by atoms with E-state index in [4.69, 9.17) is 28.9 Å². The lowest BCUT2D eigenvalue weighted by molar-refractivity contribution is 0.00500. The second-order valence-corrected chi connectivity index (χ2v) is 24.3. The van der Waals surface area contributed by atoms with Gasteiger partial charge in [0.2, 0.25) is 0 Å². The Hall–Kier alpha value is -6.32. The van der Waals surface area contributed by atoms with E-state index in [0.29, 0.717) is 57.6 Å². The number of aromatic nitrogens is 4. The molecule has 4 atom stereocenters. The van der Waals surface area contributed by atoms with Crippen molar-refractivity contribution >= 4 is 35.4 Å². The fourth-order valence-electron chi connectivity index (χ4n) is 11.1. The molecule has 2 bridgehead atoms. The molecule has 5 aromatic rings. The Morgan fingerprint density at radius 3 is 1.77 bits per heavy atom. The molecule has 2 saturated carbocycles. The van der Waals surface area contributed by atoms with E-state index in [1.807, 2.05) is 20.8 Å². The first-order valence-electron chi connectivity index (χ1n) is 24.8. The molecule has 2 aromatic heterocycles. The molecule has 14 nitrogen and oxygen atoms in total. The third-order valence-corrected chi connectivity index (χ3v) is 14.1. The van der Waals surface area contributed by atoms with Gasteiger partial charge in [0.25, 0.3) is 5.92 Å². The van der Waals surface area contributed by atoms with Crippen LogP contribution in [0.2, 0.25) is 0 Å². The van der Waals surface area contributed by atoms with Crippen molar-refractivity contribution in [2.75, 3.05) is 6.54 Å². The topological polar surface area (TPSA) is 147 Å². The van der Waals surface area contributed by atoms with Gasteiger partial charge in [0.05, 0.1) is 35.0 Å². The molecule has 2 saturated heterocycles. The van der Waals surface area contributed by atoms with Crippen molar-refractivity contribution in [3.05, 3.63) is 83.6 Å². The minimum absolute atomic E-state index is 0.0441. The maximum absolute atomic E-state index is 17.2. The summed E-state index contributed by atoms with van der Waals surface area (Å²) in [5, 5.41) is 0. The molecular weight excluding hydrogens is 911 g/mol. The number of hydrogen-bond donors (Lipinski definition) is 0. The van der Waals surface area contributed by atoms with Gasteiger partial charge in [0.1, 0.15) is 34.1 Å². The van der Waals surface area contributed by atoms with Crippen LogP contribution in [-0.4, -0.2) is 88.3 Å². The van der Waals surface area contributed by atoms with Gasteiger partial charge in [0, 0.05) is 29.3 Å². The van der Waals surface area contributed by atoms with Crippen molar-refractivity contribution in [3.8, 4) is 33.5 Å². The summed E-state index contributed by atoms with van der Waals surface area (Å²) in [6.07, 6.45) is 3.95. The van der Waals surface area contributed by atoms with E-state index < -0.39 is 64.8 Å². The van der Waals surface area contributed by atoms with E-state index in [2.05, 4.69) is 0 Å². The van der Waals surface area contributed by atoms with Gasteiger partial charge in [-0.1, -0.05) is 30.3 Å². The lowest BCUT2D eigenvalue weighted by atomic mass is 9.98. The smallest absolute Gasteiger partial charge is 0.420 e. The molecule has 4 heterocycles. The third kappa shape index (κ3) is 8.83. The highest BCUT2D eigenvalue weighted by molar-refractivity contribution is 5.92. The van der Waals surface area contributed by atoms with Gasteiger partial charge in [-0.25, -0.2) is 38.3 Å². The minimum Gasteiger partial charge on any atom is -0.444 e. The Morgan fingerprint density at radius 1 is 0.634 bits per heavy atom. The second-order valence-electron chi connectivity index (χ2n) is 24.3. The Kier molecular flexibility index (Phi) is 11.0. The summed E-state index contributed by atoms with van der Waals surface area (Å²) >= 11 is 0. The number of halogens is 2. The molecule has 0 radical (unpaired) electrons. The van der Waals surface area contributed by atoms with Crippen LogP contribution in [0, 0.1) is 11.3 Å². The van der Waals surface area contributed by atoms with E-state index in [1.54, 1.807) is 115 Å². The van der Waals surface area contributed by atoms with Crippen LogP contribution >= 0.6 is 0 Å². The molecule has 2 aliphatic heterocycles. The van der Waals surface area contributed by atoms with Crippen molar-refractivity contribution in [1.82, 2.24) is 28.9 Å². The first-order chi connectivity index (χ1) is 33.0. The molecule has 376 valence electrons. The lowest BCUT2D eigenvalue weighted by Crippen LogP contribution is -2.44. The highest BCUT2D eigenvalue weighted by Crippen LogP contribution is 2.59. The number of hydrogen-bond acceptors (Lipinski definition) is 10. The van der Waals surface area contributed by atoms with Crippen LogP contribution < -0.4 is 0 Å². The number of carbonyl (C=O) groups excluding carboxylic acids is 4. The predicted octanol–water partition coefficient (Wildman–Crippen LogP) is 13.2. The summed E-state index contributed by atoms with van der Waals surface area (Å²) in [6, 6.07) is 13.8. The standard InChI is InChI=1S/C55H64F2N6O8/c1-50(2,3)68-46(64)60-29-54(21-22-54)27-41(60)44-58-28-42(63(44)49(67)71-53(10,11)12)32-15-19-36-35-18-14-30(24-37(35)55(56,57)38(36)25-32)31-16-20-39-40(26-31)62(48(66)70-52(7,8)9)45(59-39)43-33-13-17-34(23-33)61(43)47(65)69-51(4,5)6/h14-16,18-20,24-26,28,33-34,41,43H,13,17,21-23,27,29H2,1-12H3/t33-,34+,41-,43-/m0/s1. The molecule has 1 spiro atoms. The monoisotopic (exact) mass is 974 g/mol. The van der Waals surface area contributed by atoms with Crippen molar-refractivity contribution in [2.24, 2.45) is 11.3 Å². The Labute approximate surface area is 413 Å². The highest BCUT2D eigenvalue weighted by atomic mass is 19.3. The van der Waals surface area contributed by atoms with Crippen molar-refractivity contribution in [3.63, 3.8) is 0 Å². The zero-order chi connectivity index (χ0) is 51.1.